The summed E-state index contributed by atoms with van der Waals surface area (Å²) >= 11 is 4.66. The zero-order valence-electron chi connectivity index (χ0n) is 10.4. The van der Waals surface area contributed by atoms with Crippen molar-refractivity contribution in [3.63, 3.8) is 0 Å². The highest BCUT2D eigenvalue weighted by Gasteiger charge is 2.01. The van der Waals surface area contributed by atoms with E-state index in [1.165, 1.54) is 0 Å². The van der Waals surface area contributed by atoms with Gasteiger partial charge in [-0.15, -0.1) is 0 Å². The first-order chi connectivity index (χ1) is 8.52. The predicted molar refractivity (Wildman–Crippen MR) is 77.5 cm³/mol. The molecule has 0 radical (unpaired) electrons. The van der Waals surface area contributed by atoms with E-state index >= 15 is 0 Å². The number of thiocarbonyl (C=S) groups is 1. The fourth-order valence-corrected chi connectivity index (χ4v) is 1.29. The highest BCUT2D eigenvalue weighted by atomic mass is 32.1. The molecule has 1 aromatic rings. The van der Waals surface area contributed by atoms with Gasteiger partial charge in [-0.3, -0.25) is 10.2 Å². The number of carbonyl (C=O) groups excluding carboxylic acids is 1. The van der Waals surface area contributed by atoms with Crippen LogP contribution >= 0.6 is 12.2 Å². The fraction of sp³-hybridized carbons (Fsp3) is 0.250. The van der Waals surface area contributed by atoms with Crippen LogP contribution in [0.5, 0.6) is 0 Å². The summed E-state index contributed by atoms with van der Waals surface area (Å²) in [4.78, 5) is 11.2. The molecule has 0 saturated heterocycles. The highest BCUT2D eigenvalue weighted by Crippen LogP contribution is 2.10. The van der Waals surface area contributed by atoms with Gasteiger partial charge in [0.05, 0.1) is 5.71 Å². The number of amides is 1. The third-order valence-corrected chi connectivity index (χ3v) is 2.33. The molecule has 0 fully saturated rings. The van der Waals surface area contributed by atoms with Crippen molar-refractivity contribution in [3.8, 4) is 0 Å². The standard InChI is InChI=1S/C12H16N4OS/c1-3-11(17)14-10-6-4-9(5-7-10)8(2)15-16-12(13)18/h4-7H,3H2,1-2H3,(H,14,17)(H3,13,16,18)/b15-8+. The molecule has 4 N–H and O–H groups in total. The summed E-state index contributed by atoms with van der Waals surface area (Å²) in [5, 5.41) is 6.91. The maximum absolute atomic E-state index is 11.2. The second-order valence-corrected chi connectivity index (χ2v) is 4.09. The zero-order valence-corrected chi connectivity index (χ0v) is 11.2. The molecule has 1 rings (SSSR count). The summed E-state index contributed by atoms with van der Waals surface area (Å²) in [6.07, 6.45) is 0.458. The maximum Gasteiger partial charge on any atom is 0.224 e. The molecule has 0 aliphatic rings. The molecule has 0 unspecified atom stereocenters. The molecule has 0 bridgehead atoms. The maximum atomic E-state index is 11.2. The van der Waals surface area contributed by atoms with Crippen molar-refractivity contribution < 1.29 is 4.79 Å². The van der Waals surface area contributed by atoms with Crippen molar-refractivity contribution in [1.29, 1.82) is 0 Å². The number of benzene rings is 1. The summed E-state index contributed by atoms with van der Waals surface area (Å²) in [6, 6.07) is 7.38. The van der Waals surface area contributed by atoms with E-state index in [2.05, 4.69) is 28.1 Å². The Morgan fingerprint density at radius 1 is 1.39 bits per heavy atom. The zero-order chi connectivity index (χ0) is 13.5. The van der Waals surface area contributed by atoms with Gasteiger partial charge in [0.1, 0.15) is 0 Å². The summed E-state index contributed by atoms with van der Waals surface area (Å²) < 4.78 is 0. The Balaban J connectivity index is 2.73. The average Bonchev–Trinajstić information content (AvgIpc) is 2.36. The minimum atomic E-state index is -0.0108. The first-order valence-corrected chi connectivity index (χ1v) is 5.93. The lowest BCUT2D eigenvalue weighted by Crippen LogP contribution is -2.25. The minimum absolute atomic E-state index is 0.0108. The monoisotopic (exact) mass is 264 g/mol. The molecule has 0 heterocycles. The SMILES string of the molecule is CCC(=O)Nc1ccc(/C(C)=N/NC(N)=S)cc1. The summed E-state index contributed by atoms with van der Waals surface area (Å²) in [5.41, 5.74) is 10.3. The molecule has 0 aliphatic carbocycles. The molecule has 1 amide bonds. The molecule has 0 spiro atoms. The topological polar surface area (TPSA) is 79.5 Å². The minimum Gasteiger partial charge on any atom is -0.375 e. The molecule has 5 nitrogen and oxygen atoms in total. The van der Waals surface area contributed by atoms with Crippen LogP contribution in [0.15, 0.2) is 29.4 Å². The van der Waals surface area contributed by atoms with Gasteiger partial charge in [-0.25, -0.2) is 0 Å². The molecule has 18 heavy (non-hydrogen) atoms. The lowest BCUT2D eigenvalue weighted by molar-refractivity contribution is -0.115. The molecular formula is C12H16N4OS. The van der Waals surface area contributed by atoms with Crippen LogP contribution in [0.2, 0.25) is 0 Å². The molecule has 0 aliphatic heterocycles. The number of carbonyl (C=O) groups is 1. The predicted octanol–water partition coefficient (Wildman–Crippen LogP) is 1.59. The van der Waals surface area contributed by atoms with Gasteiger partial charge in [0.15, 0.2) is 5.11 Å². The third kappa shape index (κ3) is 4.50. The quantitative estimate of drug-likeness (QED) is 0.438. The number of hydrogen-bond donors (Lipinski definition) is 3. The average molecular weight is 264 g/mol. The Labute approximate surface area is 111 Å². The van der Waals surface area contributed by atoms with Crippen LogP contribution in [0, 0.1) is 0 Å². The first kappa shape index (κ1) is 14.1. The third-order valence-electron chi connectivity index (χ3n) is 2.24. The number of nitrogens with two attached hydrogens (primary N) is 1. The lowest BCUT2D eigenvalue weighted by atomic mass is 10.1. The van der Waals surface area contributed by atoms with Crippen LogP contribution in [0.3, 0.4) is 0 Å². The van der Waals surface area contributed by atoms with Crippen molar-refractivity contribution in [2.45, 2.75) is 20.3 Å². The lowest BCUT2D eigenvalue weighted by Gasteiger charge is -2.05. The van der Waals surface area contributed by atoms with Gasteiger partial charge in [0.2, 0.25) is 5.91 Å². The molecule has 1 aromatic carbocycles. The second kappa shape index (κ2) is 6.70. The number of anilines is 1. The van der Waals surface area contributed by atoms with E-state index in [0.717, 1.165) is 17.0 Å². The smallest absolute Gasteiger partial charge is 0.224 e. The van der Waals surface area contributed by atoms with Crippen molar-refractivity contribution in [3.05, 3.63) is 29.8 Å². The molecule has 96 valence electrons. The second-order valence-electron chi connectivity index (χ2n) is 3.65. The fourth-order valence-electron chi connectivity index (χ4n) is 1.25. The summed E-state index contributed by atoms with van der Waals surface area (Å²) in [7, 11) is 0. The van der Waals surface area contributed by atoms with E-state index in [0.29, 0.717) is 6.42 Å². The van der Waals surface area contributed by atoms with Crippen molar-refractivity contribution in [2.24, 2.45) is 10.8 Å². The normalized spacial score (nSPS) is 10.9. The van der Waals surface area contributed by atoms with Gasteiger partial charge < -0.3 is 11.1 Å². The Morgan fingerprint density at radius 2 is 2.00 bits per heavy atom. The van der Waals surface area contributed by atoms with E-state index < -0.39 is 0 Å². The Kier molecular flexibility index (Phi) is 5.26. The number of hydrogen-bond acceptors (Lipinski definition) is 3. The van der Waals surface area contributed by atoms with Gasteiger partial charge >= 0.3 is 0 Å². The number of hydrazone groups is 1. The van der Waals surface area contributed by atoms with Gasteiger partial charge in [-0.05, 0) is 36.8 Å². The van der Waals surface area contributed by atoms with E-state index in [4.69, 9.17) is 5.73 Å². The van der Waals surface area contributed by atoms with Gasteiger partial charge in [0.25, 0.3) is 0 Å². The molecule has 0 aromatic heterocycles. The van der Waals surface area contributed by atoms with Crippen LogP contribution in [-0.4, -0.2) is 16.7 Å². The number of nitrogens with one attached hydrogen (secondary N) is 2. The molecular weight excluding hydrogens is 248 g/mol. The van der Waals surface area contributed by atoms with E-state index in [1.54, 1.807) is 0 Å². The van der Waals surface area contributed by atoms with Crippen LogP contribution in [-0.2, 0) is 4.79 Å². The van der Waals surface area contributed by atoms with Gasteiger partial charge in [0, 0.05) is 12.1 Å². The Morgan fingerprint density at radius 3 is 2.50 bits per heavy atom. The highest BCUT2D eigenvalue weighted by molar-refractivity contribution is 7.80. The van der Waals surface area contributed by atoms with Gasteiger partial charge in [-0.2, -0.15) is 5.10 Å². The first-order valence-electron chi connectivity index (χ1n) is 5.53. The van der Waals surface area contributed by atoms with Crippen LogP contribution in [0.25, 0.3) is 0 Å². The number of nitrogens with zero attached hydrogens (tertiary/aromatic N) is 1. The molecule has 6 heteroatoms. The molecule has 0 saturated carbocycles. The summed E-state index contributed by atoms with van der Waals surface area (Å²) in [6.45, 7) is 3.65. The van der Waals surface area contributed by atoms with Gasteiger partial charge in [-0.1, -0.05) is 19.1 Å². The van der Waals surface area contributed by atoms with E-state index in [9.17, 15) is 4.79 Å². The van der Waals surface area contributed by atoms with E-state index in [-0.39, 0.29) is 11.0 Å². The molecule has 0 atom stereocenters. The van der Waals surface area contributed by atoms with Crippen LogP contribution < -0.4 is 16.5 Å². The summed E-state index contributed by atoms with van der Waals surface area (Å²) in [5.74, 6) is -0.0108. The Hall–Kier alpha value is -1.95. The largest absolute Gasteiger partial charge is 0.375 e. The van der Waals surface area contributed by atoms with Crippen molar-refractivity contribution in [2.75, 3.05) is 5.32 Å². The van der Waals surface area contributed by atoms with Crippen molar-refractivity contribution >= 4 is 34.6 Å². The Bertz CT molecular complexity index is 467. The van der Waals surface area contributed by atoms with Crippen LogP contribution in [0.4, 0.5) is 5.69 Å². The van der Waals surface area contributed by atoms with Crippen LogP contribution in [0.1, 0.15) is 25.8 Å². The number of rotatable bonds is 4. The van der Waals surface area contributed by atoms with Crippen molar-refractivity contribution in [1.82, 2.24) is 5.43 Å². The van der Waals surface area contributed by atoms with E-state index in [1.807, 2.05) is 38.1 Å².